The lowest BCUT2D eigenvalue weighted by atomic mass is 9.89. The molecule has 96 valence electrons. The Kier molecular flexibility index (Phi) is 4.33. The summed E-state index contributed by atoms with van der Waals surface area (Å²) >= 11 is 0. The lowest BCUT2D eigenvalue weighted by Gasteiger charge is -2.27. The van der Waals surface area contributed by atoms with E-state index in [1.165, 1.54) is 0 Å². The van der Waals surface area contributed by atoms with E-state index in [2.05, 4.69) is 4.72 Å². The first-order chi connectivity index (χ1) is 7.71. The molecule has 0 aliphatic rings. The average Bonchev–Trinajstić information content (AvgIpc) is 2.16. The van der Waals surface area contributed by atoms with E-state index in [1.807, 2.05) is 58.0 Å². The molecule has 1 rings (SSSR count). The molecule has 1 unspecified atom stereocenters. The Morgan fingerprint density at radius 2 is 1.71 bits per heavy atom. The van der Waals surface area contributed by atoms with Crippen molar-refractivity contribution in [2.24, 2.45) is 5.41 Å². The molecule has 0 aliphatic heterocycles. The average molecular weight is 255 g/mol. The van der Waals surface area contributed by atoms with Crippen molar-refractivity contribution in [3.05, 3.63) is 35.9 Å². The molecule has 0 aromatic heterocycles. The van der Waals surface area contributed by atoms with Gasteiger partial charge in [-0.15, -0.1) is 0 Å². The van der Waals surface area contributed by atoms with Crippen molar-refractivity contribution in [3.63, 3.8) is 0 Å². The molecule has 0 amide bonds. The number of hydrogen-bond acceptors (Lipinski definition) is 2. The molecule has 0 bridgehead atoms. The topological polar surface area (TPSA) is 46.2 Å². The Morgan fingerprint density at radius 1 is 1.18 bits per heavy atom. The Balaban J connectivity index is 2.71. The zero-order valence-electron chi connectivity index (χ0n) is 10.9. The minimum atomic E-state index is -3.27. The number of hydrogen-bond donors (Lipinski definition) is 1. The number of nitrogens with one attached hydrogen (secondary N) is 1. The quantitative estimate of drug-likeness (QED) is 0.898. The molecule has 1 aromatic carbocycles. The highest BCUT2D eigenvalue weighted by molar-refractivity contribution is 7.88. The van der Waals surface area contributed by atoms with E-state index in [0.717, 1.165) is 5.56 Å². The molecule has 0 saturated carbocycles. The fourth-order valence-corrected chi connectivity index (χ4v) is 2.89. The van der Waals surface area contributed by atoms with Gasteiger partial charge in [0.2, 0.25) is 10.0 Å². The summed E-state index contributed by atoms with van der Waals surface area (Å²) < 4.78 is 26.6. The van der Waals surface area contributed by atoms with Crippen LogP contribution in [0.15, 0.2) is 30.3 Å². The molecule has 1 aromatic rings. The van der Waals surface area contributed by atoms with Gasteiger partial charge in [0.1, 0.15) is 0 Å². The second-order valence-electron chi connectivity index (χ2n) is 5.45. The highest BCUT2D eigenvalue weighted by Crippen LogP contribution is 2.19. The van der Waals surface area contributed by atoms with Crippen LogP contribution in [-0.4, -0.2) is 14.5 Å². The molecule has 0 fully saturated rings. The fraction of sp³-hybridized carbons (Fsp3) is 0.538. The van der Waals surface area contributed by atoms with Gasteiger partial charge in [-0.25, -0.2) is 13.1 Å². The van der Waals surface area contributed by atoms with E-state index in [4.69, 9.17) is 0 Å². The second kappa shape index (κ2) is 5.19. The van der Waals surface area contributed by atoms with Gasteiger partial charge in [0, 0.05) is 6.04 Å². The highest BCUT2D eigenvalue weighted by atomic mass is 32.2. The molecular formula is C13H21NO2S. The van der Waals surface area contributed by atoms with Crippen LogP contribution in [-0.2, 0) is 15.8 Å². The van der Waals surface area contributed by atoms with Gasteiger partial charge in [0.25, 0.3) is 0 Å². The predicted octanol–water partition coefficient (Wildman–Crippen LogP) is 2.54. The van der Waals surface area contributed by atoms with Crippen molar-refractivity contribution in [3.8, 4) is 0 Å². The third-order valence-corrected chi connectivity index (χ3v) is 4.28. The molecule has 1 N–H and O–H groups in total. The van der Waals surface area contributed by atoms with E-state index >= 15 is 0 Å². The summed E-state index contributed by atoms with van der Waals surface area (Å²) in [4.78, 5) is 0. The maximum Gasteiger partial charge on any atom is 0.216 e. The molecule has 0 spiro atoms. The summed E-state index contributed by atoms with van der Waals surface area (Å²) in [5.74, 6) is 0.0360. The van der Waals surface area contributed by atoms with Crippen molar-refractivity contribution < 1.29 is 8.42 Å². The fourth-order valence-electron chi connectivity index (χ4n) is 1.28. The van der Waals surface area contributed by atoms with Gasteiger partial charge >= 0.3 is 0 Å². The van der Waals surface area contributed by atoms with Gasteiger partial charge in [0.15, 0.2) is 0 Å². The van der Waals surface area contributed by atoms with Gasteiger partial charge in [-0.3, -0.25) is 0 Å². The number of rotatable bonds is 4. The van der Waals surface area contributed by atoms with E-state index in [0.29, 0.717) is 0 Å². The number of sulfonamides is 1. The van der Waals surface area contributed by atoms with Crippen LogP contribution in [0.2, 0.25) is 0 Å². The third-order valence-electron chi connectivity index (χ3n) is 2.85. The zero-order chi connectivity index (χ0) is 13.1. The Morgan fingerprint density at radius 3 is 2.18 bits per heavy atom. The van der Waals surface area contributed by atoms with Gasteiger partial charge in [-0.05, 0) is 17.9 Å². The van der Waals surface area contributed by atoms with Crippen LogP contribution in [0.25, 0.3) is 0 Å². The molecule has 4 heteroatoms. The molecule has 0 heterocycles. The summed E-state index contributed by atoms with van der Waals surface area (Å²) in [5, 5.41) is 0. The smallest absolute Gasteiger partial charge is 0.212 e. The van der Waals surface area contributed by atoms with Gasteiger partial charge in [-0.2, -0.15) is 0 Å². The van der Waals surface area contributed by atoms with E-state index in [1.54, 1.807) is 0 Å². The first kappa shape index (κ1) is 14.2. The van der Waals surface area contributed by atoms with Crippen LogP contribution in [0, 0.1) is 5.41 Å². The Bertz CT molecular complexity index is 446. The summed E-state index contributed by atoms with van der Waals surface area (Å²) in [6.07, 6.45) is 0. The molecule has 17 heavy (non-hydrogen) atoms. The Labute approximate surface area is 104 Å². The van der Waals surface area contributed by atoms with Crippen molar-refractivity contribution in [1.82, 2.24) is 4.72 Å². The lowest BCUT2D eigenvalue weighted by molar-refractivity contribution is 0.317. The first-order valence-electron chi connectivity index (χ1n) is 5.75. The monoisotopic (exact) mass is 255 g/mol. The zero-order valence-corrected chi connectivity index (χ0v) is 11.7. The van der Waals surface area contributed by atoms with Gasteiger partial charge in [0.05, 0.1) is 5.75 Å². The standard InChI is InChI=1S/C13H21NO2S/c1-11(13(2,3)4)14-17(15,16)10-12-8-6-5-7-9-12/h5-9,11,14H,10H2,1-4H3. The van der Waals surface area contributed by atoms with Crippen LogP contribution < -0.4 is 4.72 Å². The maximum absolute atomic E-state index is 11.9. The maximum atomic E-state index is 11.9. The van der Waals surface area contributed by atoms with Crippen molar-refractivity contribution in [2.45, 2.75) is 39.5 Å². The Hall–Kier alpha value is -0.870. The van der Waals surface area contributed by atoms with Crippen molar-refractivity contribution in [1.29, 1.82) is 0 Å². The van der Waals surface area contributed by atoms with Crippen molar-refractivity contribution in [2.75, 3.05) is 0 Å². The lowest BCUT2D eigenvalue weighted by Crippen LogP contribution is -2.41. The van der Waals surface area contributed by atoms with E-state index in [9.17, 15) is 8.42 Å². The van der Waals surface area contributed by atoms with Crippen LogP contribution >= 0.6 is 0 Å². The highest BCUT2D eigenvalue weighted by Gasteiger charge is 2.24. The molecule has 0 saturated heterocycles. The molecule has 1 atom stereocenters. The van der Waals surface area contributed by atoms with Crippen LogP contribution in [0.1, 0.15) is 33.3 Å². The summed E-state index contributed by atoms with van der Waals surface area (Å²) in [6, 6.07) is 9.12. The SMILES string of the molecule is CC(NS(=O)(=O)Cc1ccccc1)C(C)(C)C. The molecule has 0 aliphatic carbocycles. The second-order valence-corrected chi connectivity index (χ2v) is 7.20. The van der Waals surface area contributed by atoms with Crippen LogP contribution in [0.3, 0.4) is 0 Å². The summed E-state index contributed by atoms with van der Waals surface area (Å²) in [7, 11) is -3.27. The molecular weight excluding hydrogens is 234 g/mol. The van der Waals surface area contributed by atoms with Crippen molar-refractivity contribution >= 4 is 10.0 Å². The van der Waals surface area contributed by atoms with Crippen LogP contribution in [0.5, 0.6) is 0 Å². The van der Waals surface area contributed by atoms with E-state index < -0.39 is 10.0 Å². The minimum Gasteiger partial charge on any atom is -0.212 e. The summed E-state index contributed by atoms with van der Waals surface area (Å²) in [6.45, 7) is 7.94. The molecule has 3 nitrogen and oxygen atoms in total. The number of benzene rings is 1. The largest absolute Gasteiger partial charge is 0.216 e. The molecule has 0 radical (unpaired) electrons. The summed E-state index contributed by atoms with van der Waals surface area (Å²) in [5.41, 5.74) is 0.727. The van der Waals surface area contributed by atoms with Crippen LogP contribution in [0.4, 0.5) is 0 Å². The minimum absolute atomic E-state index is 0.0360. The van der Waals surface area contributed by atoms with E-state index in [-0.39, 0.29) is 17.2 Å². The van der Waals surface area contributed by atoms with Gasteiger partial charge in [-0.1, -0.05) is 51.1 Å². The predicted molar refractivity (Wildman–Crippen MR) is 71.1 cm³/mol. The van der Waals surface area contributed by atoms with Gasteiger partial charge < -0.3 is 0 Å². The first-order valence-corrected chi connectivity index (χ1v) is 7.40. The third kappa shape index (κ3) is 4.88. The normalized spacial score (nSPS) is 14.6.